The van der Waals surface area contributed by atoms with E-state index in [1.807, 2.05) is 0 Å². The molecule has 4 aromatic rings. The van der Waals surface area contributed by atoms with Gasteiger partial charge in [-0.25, -0.2) is 0 Å². The van der Waals surface area contributed by atoms with Crippen molar-refractivity contribution in [1.29, 1.82) is 0 Å². The number of hydrogen-bond acceptors (Lipinski definition) is 1. The van der Waals surface area contributed by atoms with Crippen molar-refractivity contribution in [2.45, 2.75) is 53.4 Å². The molecule has 1 aliphatic rings. The first-order valence-corrected chi connectivity index (χ1v) is 11.7. The Hall–Kier alpha value is -3.00. The second-order valence-corrected chi connectivity index (χ2v) is 10.4. The highest BCUT2D eigenvalue weighted by Gasteiger charge is 2.41. The molecule has 0 spiro atoms. The summed E-state index contributed by atoms with van der Waals surface area (Å²) in [6.07, 6.45) is 1.10. The summed E-state index contributed by atoms with van der Waals surface area (Å²) >= 11 is 0. The van der Waals surface area contributed by atoms with Crippen LogP contribution >= 0.6 is 0 Å². The van der Waals surface area contributed by atoms with Gasteiger partial charge in [-0.1, -0.05) is 58.0 Å². The molecule has 0 atom stereocenters. The fourth-order valence-corrected chi connectivity index (χ4v) is 5.64. The minimum absolute atomic E-state index is 0.139. The molecule has 0 saturated heterocycles. The van der Waals surface area contributed by atoms with Gasteiger partial charge in [0, 0.05) is 34.2 Å². The third-order valence-corrected chi connectivity index (χ3v) is 7.14. The van der Waals surface area contributed by atoms with Gasteiger partial charge in [-0.05, 0) is 60.6 Å². The topological polar surface area (TPSA) is 16.8 Å². The van der Waals surface area contributed by atoms with Gasteiger partial charge in [0.1, 0.15) is 7.05 Å². The number of aryl methyl sites for hydroxylation is 3. The van der Waals surface area contributed by atoms with Crippen LogP contribution in [0.2, 0.25) is 0 Å². The van der Waals surface area contributed by atoms with Crippen molar-refractivity contribution in [1.82, 2.24) is 4.98 Å². The molecule has 0 radical (unpaired) electrons. The number of hydrogen-bond donors (Lipinski definition) is 0. The molecule has 0 N–H and O–H groups in total. The Balaban J connectivity index is 1.79. The van der Waals surface area contributed by atoms with E-state index in [0.29, 0.717) is 5.92 Å². The number of pyridine rings is 2. The molecule has 5 rings (SSSR count). The first-order valence-electron chi connectivity index (χ1n) is 11.7. The van der Waals surface area contributed by atoms with Crippen LogP contribution in [0, 0.1) is 19.8 Å². The van der Waals surface area contributed by atoms with Crippen LogP contribution in [0.4, 0.5) is 0 Å². The quantitative estimate of drug-likeness (QED) is 0.331. The maximum absolute atomic E-state index is 4.99. The highest BCUT2D eigenvalue weighted by atomic mass is 14.9. The summed E-state index contributed by atoms with van der Waals surface area (Å²) < 4.78 is 2.39. The highest BCUT2D eigenvalue weighted by Crippen LogP contribution is 2.51. The van der Waals surface area contributed by atoms with E-state index < -0.39 is 0 Å². The lowest BCUT2D eigenvalue weighted by atomic mass is 9.80. The Labute approximate surface area is 192 Å². The van der Waals surface area contributed by atoms with Gasteiger partial charge < -0.3 is 0 Å². The van der Waals surface area contributed by atoms with E-state index in [0.717, 1.165) is 12.1 Å². The lowest BCUT2D eigenvalue weighted by Crippen LogP contribution is -2.33. The Morgan fingerprint density at radius 3 is 2.41 bits per heavy atom. The Morgan fingerprint density at radius 1 is 0.906 bits per heavy atom. The number of rotatable bonds is 3. The molecule has 0 fully saturated rings. The smallest absolute Gasteiger partial charge is 0.213 e. The second-order valence-electron chi connectivity index (χ2n) is 10.4. The Kier molecular flexibility index (Phi) is 4.74. The highest BCUT2D eigenvalue weighted by molar-refractivity contribution is 5.88. The third kappa shape index (κ3) is 3.00. The molecule has 32 heavy (non-hydrogen) atoms. The van der Waals surface area contributed by atoms with Crippen LogP contribution in [0.1, 0.15) is 55.8 Å². The summed E-state index contributed by atoms with van der Waals surface area (Å²) in [6.45, 7) is 13.6. The summed E-state index contributed by atoms with van der Waals surface area (Å²) in [5.41, 5.74) is 12.8. The van der Waals surface area contributed by atoms with Gasteiger partial charge >= 0.3 is 0 Å². The van der Waals surface area contributed by atoms with Crippen molar-refractivity contribution < 1.29 is 4.57 Å². The summed E-state index contributed by atoms with van der Waals surface area (Å²) in [6, 6.07) is 20.4. The average Bonchev–Trinajstić information content (AvgIpc) is 2.96. The van der Waals surface area contributed by atoms with Crippen LogP contribution < -0.4 is 4.57 Å². The van der Waals surface area contributed by atoms with Crippen LogP contribution in [-0.2, 0) is 18.9 Å². The molecule has 162 valence electrons. The molecule has 1 aliphatic carbocycles. The molecular weight excluding hydrogens is 388 g/mol. The van der Waals surface area contributed by atoms with Crippen molar-refractivity contribution in [2.75, 3.05) is 0 Å². The summed E-state index contributed by atoms with van der Waals surface area (Å²) in [5.74, 6) is 0.639. The summed E-state index contributed by atoms with van der Waals surface area (Å²) in [7, 11) is 2.22. The van der Waals surface area contributed by atoms with Crippen molar-refractivity contribution >= 4 is 10.9 Å². The number of nitrogens with zero attached hydrogens (tertiary/aromatic N) is 2. The molecule has 2 heteroatoms. The standard InChI is InChI=1S/C30H33N2/c1-18(2)17-21-9-8-10-25-22(21)15-16-26(32(25)7)27-19(3)11-13-23-24-14-12-20(4)31-29(24)30(5,6)28(23)27/h8-16,18H,17H2,1-7H3/q+1. The zero-order chi connectivity index (χ0) is 22.8. The minimum Gasteiger partial charge on any atom is -0.257 e. The lowest BCUT2D eigenvalue weighted by Gasteiger charge is -2.24. The van der Waals surface area contributed by atoms with E-state index in [2.05, 4.69) is 108 Å². The fraction of sp³-hybridized carbons (Fsp3) is 0.333. The molecular formula is C30H33N2+. The molecule has 0 unspecified atom stereocenters. The van der Waals surface area contributed by atoms with Gasteiger partial charge in [0.15, 0.2) is 0 Å². The van der Waals surface area contributed by atoms with Crippen LogP contribution in [0.25, 0.3) is 33.3 Å². The number of aromatic nitrogens is 2. The first kappa shape index (κ1) is 20.9. The second kappa shape index (κ2) is 7.27. The van der Waals surface area contributed by atoms with Gasteiger partial charge in [0.05, 0.1) is 11.3 Å². The molecule has 0 saturated carbocycles. The van der Waals surface area contributed by atoms with Crippen LogP contribution in [-0.4, -0.2) is 4.98 Å². The van der Waals surface area contributed by atoms with Crippen LogP contribution in [0.5, 0.6) is 0 Å². The normalized spacial score (nSPS) is 14.1. The van der Waals surface area contributed by atoms with Crippen molar-refractivity contribution in [3.05, 3.63) is 82.7 Å². The van der Waals surface area contributed by atoms with Crippen molar-refractivity contribution in [3.8, 4) is 22.4 Å². The molecule has 2 nitrogen and oxygen atoms in total. The molecule has 2 aromatic carbocycles. The van der Waals surface area contributed by atoms with Gasteiger partial charge in [-0.2, -0.15) is 4.57 Å². The first-order chi connectivity index (χ1) is 15.2. The zero-order valence-electron chi connectivity index (χ0n) is 20.4. The molecule has 2 heterocycles. The van der Waals surface area contributed by atoms with E-state index in [9.17, 15) is 0 Å². The van der Waals surface area contributed by atoms with Gasteiger partial charge in [-0.3, -0.25) is 4.98 Å². The van der Waals surface area contributed by atoms with Crippen LogP contribution in [0.15, 0.2) is 54.6 Å². The lowest BCUT2D eigenvalue weighted by molar-refractivity contribution is -0.633. The number of benzene rings is 2. The van der Waals surface area contributed by atoms with Gasteiger partial charge in [0.2, 0.25) is 11.2 Å². The Bertz CT molecular complexity index is 1380. The predicted molar refractivity (Wildman–Crippen MR) is 134 cm³/mol. The minimum atomic E-state index is -0.139. The van der Waals surface area contributed by atoms with E-state index >= 15 is 0 Å². The fourth-order valence-electron chi connectivity index (χ4n) is 5.64. The predicted octanol–water partition coefficient (Wildman–Crippen LogP) is 6.85. The molecule has 0 aliphatic heterocycles. The van der Waals surface area contributed by atoms with Gasteiger partial charge in [0.25, 0.3) is 0 Å². The average molecular weight is 422 g/mol. The SMILES string of the molecule is Cc1ccc2c(n1)C(C)(C)c1c-2ccc(C)c1-c1ccc2c(CC(C)C)cccc2[n+]1C. The van der Waals surface area contributed by atoms with E-state index in [1.54, 1.807) is 0 Å². The van der Waals surface area contributed by atoms with E-state index in [-0.39, 0.29) is 5.41 Å². The van der Waals surface area contributed by atoms with Gasteiger partial charge in [-0.15, -0.1) is 0 Å². The number of fused-ring (bicyclic) bond motifs is 4. The summed E-state index contributed by atoms with van der Waals surface area (Å²) in [4.78, 5) is 4.99. The van der Waals surface area contributed by atoms with E-state index in [4.69, 9.17) is 4.98 Å². The Morgan fingerprint density at radius 2 is 1.66 bits per heavy atom. The van der Waals surface area contributed by atoms with E-state index in [1.165, 1.54) is 55.7 Å². The maximum atomic E-state index is 4.99. The maximum Gasteiger partial charge on any atom is 0.213 e. The summed E-state index contributed by atoms with van der Waals surface area (Å²) in [5, 5.41) is 1.36. The largest absolute Gasteiger partial charge is 0.257 e. The third-order valence-electron chi connectivity index (χ3n) is 7.14. The zero-order valence-corrected chi connectivity index (χ0v) is 20.4. The molecule has 0 amide bonds. The van der Waals surface area contributed by atoms with Crippen molar-refractivity contribution in [2.24, 2.45) is 13.0 Å². The van der Waals surface area contributed by atoms with Crippen molar-refractivity contribution in [3.63, 3.8) is 0 Å². The monoisotopic (exact) mass is 421 g/mol. The molecule has 0 bridgehead atoms. The van der Waals surface area contributed by atoms with Crippen LogP contribution in [0.3, 0.4) is 0 Å². The molecule has 2 aromatic heterocycles.